The van der Waals surface area contributed by atoms with Crippen LogP contribution >= 0.6 is 0 Å². The van der Waals surface area contributed by atoms with Crippen molar-refractivity contribution in [3.63, 3.8) is 0 Å². The maximum atomic E-state index is 13.5. The Bertz CT molecular complexity index is 278. The van der Waals surface area contributed by atoms with E-state index in [4.69, 9.17) is 0 Å². The Kier molecular flexibility index (Phi) is 3.03. The van der Waals surface area contributed by atoms with Crippen molar-refractivity contribution < 1.29 is 18.0 Å². The molecular formula is C11H18F3NO. The van der Waals surface area contributed by atoms with E-state index in [1.165, 1.54) is 0 Å². The molecule has 1 heterocycles. The van der Waals surface area contributed by atoms with Gasteiger partial charge in [0.2, 0.25) is 5.91 Å². The molecule has 0 radical (unpaired) electrons. The lowest BCUT2D eigenvalue weighted by Crippen LogP contribution is -2.39. The third-order valence-electron chi connectivity index (χ3n) is 2.67. The van der Waals surface area contributed by atoms with E-state index in [1.54, 1.807) is 0 Å². The van der Waals surface area contributed by atoms with Gasteiger partial charge in [0.1, 0.15) is 0 Å². The summed E-state index contributed by atoms with van der Waals surface area (Å²) in [4.78, 5) is 12.6. The molecule has 1 fully saturated rings. The van der Waals surface area contributed by atoms with Crippen LogP contribution in [-0.4, -0.2) is 35.5 Å². The monoisotopic (exact) mass is 237 g/mol. The smallest absolute Gasteiger partial charge is 0.300 e. The van der Waals surface area contributed by atoms with E-state index in [-0.39, 0.29) is 11.8 Å². The van der Waals surface area contributed by atoms with Gasteiger partial charge in [-0.2, -0.15) is 0 Å². The van der Waals surface area contributed by atoms with Crippen molar-refractivity contribution >= 4 is 5.91 Å². The lowest BCUT2D eigenvalue weighted by molar-refractivity contribution is -0.133. The molecule has 94 valence electrons. The van der Waals surface area contributed by atoms with Crippen molar-refractivity contribution in [2.75, 3.05) is 13.1 Å². The zero-order valence-electron chi connectivity index (χ0n) is 10.1. The molecule has 0 spiro atoms. The van der Waals surface area contributed by atoms with Crippen molar-refractivity contribution in [1.29, 1.82) is 0 Å². The van der Waals surface area contributed by atoms with Gasteiger partial charge in [-0.1, -0.05) is 20.8 Å². The normalized spacial score (nSPS) is 29.6. The summed E-state index contributed by atoms with van der Waals surface area (Å²) in [5.41, 5.74) is -2.89. The average molecular weight is 237 g/mol. The van der Waals surface area contributed by atoms with Gasteiger partial charge in [-0.25, -0.2) is 13.2 Å². The first kappa shape index (κ1) is 13.3. The van der Waals surface area contributed by atoms with Crippen molar-refractivity contribution in [2.45, 2.75) is 45.7 Å². The molecule has 2 nitrogen and oxygen atoms in total. The first-order valence-electron chi connectivity index (χ1n) is 5.29. The number of rotatable bonds is 1. The van der Waals surface area contributed by atoms with E-state index in [0.29, 0.717) is 0 Å². The number of alkyl halides is 3. The fourth-order valence-corrected chi connectivity index (χ4v) is 1.68. The van der Waals surface area contributed by atoms with Crippen LogP contribution < -0.4 is 0 Å². The number of halogens is 3. The molecule has 1 aliphatic heterocycles. The first-order valence-corrected chi connectivity index (χ1v) is 5.29. The Morgan fingerprint density at radius 1 is 1.25 bits per heavy atom. The van der Waals surface area contributed by atoms with Gasteiger partial charge < -0.3 is 4.90 Å². The largest absolute Gasteiger partial charge is 0.333 e. The molecule has 1 rings (SSSR count). The van der Waals surface area contributed by atoms with E-state index in [2.05, 4.69) is 0 Å². The zero-order chi connectivity index (χ0) is 12.8. The van der Waals surface area contributed by atoms with Crippen LogP contribution in [0.5, 0.6) is 0 Å². The van der Waals surface area contributed by atoms with Gasteiger partial charge in [-0.05, 0) is 12.3 Å². The summed E-state index contributed by atoms with van der Waals surface area (Å²) >= 11 is 0. The SMILES string of the molecule is CC(C)(C)CC(=O)N1CC(C)(F)C(F)(F)C1. The number of hydrogen-bond acceptors (Lipinski definition) is 1. The highest BCUT2D eigenvalue weighted by atomic mass is 19.3. The van der Waals surface area contributed by atoms with Gasteiger partial charge in [0.25, 0.3) is 5.92 Å². The van der Waals surface area contributed by atoms with Crippen LogP contribution in [0.25, 0.3) is 0 Å². The molecule has 0 bridgehead atoms. The molecule has 1 aliphatic rings. The number of likely N-dealkylation sites (tertiary alicyclic amines) is 1. The van der Waals surface area contributed by atoms with E-state index in [9.17, 15) is 18.0 Å². The lowest BCUT2D eigenvalue weighted by Gasteiger charge is -2.22. The fourth-order valence-electron chi connectivity index (χ4n) is 1.68. The third kappa shape index (κ3) is 2.68. The van der Waals surface area contributed by atoms with Gasteiger partial charge >= 0.3 is 0 Å². The van der Waals surface area contributed by atoms with Gasteiger partial charge in [-0.15, -0.1) is 0 Å². The van der Waals surface area contributed by atoms with Crippen LogP contribution in [0.15, 0.2) is 0 Å². The summed E-state index contributed by atoms with van der Waals surface area (Å²) in [5.74, 6) is -3.85. The van der Waals surface area contributed by atoms with Crippen LogP contribution in [-0.2, 0) is 4.79 Å². The van der Waals surface area contributed by atoms with E-state index >= 15 is 0 Å². The highest BCUT2D eigenvalue weighted by Gasteiger charge is 2.59. The molecule has 0 aromatic rings. The Morgan fingerprint density at radius 2 is 1.75 bits per heavy atom. The summed E-state index contributed by atoms with van der Waals surface area (Å²) in [6, 6.07) is 0. The van der Waals surface area contributed by atoms with E-state index in [0.717, 1.165) is 11.8 Å². The van der Waals surface area contributed by atoms with Gasteiger partial charge in [-0.3, -0.25) is 4.79 Å². The molecular weight excluding hydrogens is 219 g/mol. The number of carbonyl (C=O) groups excluding carboxylic acids is 1. The first-order chi connectivity index (χ1) is 6.95. The molecule has 1 unspecified atom stereocenters. The molecule has 0 N–H and O–H groups in total. The van der Waals surface area contributed by atoms with Gasteiger partial charge in [0, 0.05) is 6.42 Å². The van der Waals surface area contributed by atoms with E-state index < -0.39 is 30.6 Å². The van der Waals surface area contributed by atoms with Crippen LogP contribution in [0, 0.1) is 5.41 Å². The standard InChI is InChI=1S/C11H18F3NO/c1-9(2,3)5-8(16)15-6-10(4,12)11(13,14)7-15/h5-7H2,1-4H3. The maximum Gasteiger partial charge on any atom is 0.300 e. The summed E-state index contributed by atoms with van der Waals surface area (Å²) in [7, 11) is 0. The van der Waals surface area contributed by atoms with Crippen molar-refractivity contribution in [3.05, 3.63) is 0 Å². The van der Waals surface area contributed by atoms with E-state index in [1.807, 2.05) is 20.8 Å². The van der Waals surface area contributed by atoms with Crippen LogP contribution in [0.4, 0.5) is 13.2 Å². The molecule has 0 aliphatic carbocycles. The average Bonchev–Trinajstić information content (AvgIpc) is 2.17. The van der Waals surface area contributed by atoms with Crippen molar-refractivity contribution in [2.24, 2.45) is 5.41 Å². The minimum Gasteiger partial charge on any atom is -0.333 e. The molecule has 0 aromatic carbocycles. The van der Waals surface area contributed by atoms with Crippen molar-refractivity contribution in [3.8, 4) is 0 Å². The third-order valence-corrected chi connectivity index (χ3v) is 2.67. The summed E-state index contributed by atoms with van der Waals surface area (Å²) in [6.07, 6.45) is 0.152. The van der Waals surface area contributed by atoms with Gasteiger partial charge in [0.05, 0.1) is 13.1 Å². The second-order valence-corrected chi connectivity index (χ2v) is 5.89. The summed E-state index contributed by atoms with van der Waals surface area (Å²) in [6.45, 7) is 5.04. The van der Waals surface area contributed by atoms with Crippen LogP contribution in [0.2, 0.25) is 0 Å². The van der Waals surface area contributed by atoms with Crippen LogP contribution in [0.1, 0.15) is 34.1 Å². The predicted octanol–water partition coefficient (Wildman–Crippen LogP) is 2.63. The molecule has 0 aromatic heterocycles. The maximum absolute atomic E-state index is 13.5. The number of nitrogens with zero attached hydrogens (tertiary/aromatic N) is 1. The zero-order valence-corrected chi connectivity index (χ0v) is 10.1. The molecule has 5 heteroatoms. The lowest BCUT2D eigenvalue weighted by atomic mass is 9.92. The summed E-state index contributed by atoms with van der Waals surface area (Å²) in [5, 5.41) is 0. The predicted molar refractivity (Wildman–Crippen MR) is 55.1 cm³/mol. The Hall–Kier alpha value is -0.740. The topological polar surface area (TPSA) is 20.3 Å². The quantitative estimate of drug-likeness (QED) is 0.686. The fraction of sp³-hybridized carbons (Fsp3) is 0.909. The van der Waals surface area contributed by atoms with Crippen molar-refractivity contribution in [1.82, 2.24) is 4.90 Å². The number of hydrogen-bond donors (Lipinski definition) is 0. The molecule has 0 saturated carbocycles. The second-order valence-electron chi connectivity index (χ2n) is 5.89. The van der Waals surface area contributed by atoms with Gasteiger partial charge in [0.15, 0.2) is 5.67 Å². The second kappa shape index (κ2) is 3.64. The Morgan fingerprint density at radius 3 is 2.06 bits per heavy atom. The Labute approximate surface area is 93.8 Å². The molecule has 1 amide bonds. The minimum absolute atomic E-state index is 0.152. The Balaban J connectivity index is 2.70. The highest BCUT2D eigenvalue weighted by molar-refractivity contribution is 5.77. The molecule has 1 saturated heterocycles. The molecule has 16 heavy (non-hydrogen) atoms. The number of amides is 1. The number of carbonyl (C=O) groups is 1. The summed E-state index contributed by atoms with van der Waals surface area (Å²) < 4.78 is 39.9. The molecule has 1 atom stereocenters. The minimum atomic E-state index is -3.44. The highest BCUT2D eigenvalue weighted by Crippen LogP contribution is 2.40. The van der Waals surface area contributed by atoms with Crippen LogP contribution in [0.3, 0.4) is 0 Å².